The zero-order chi connectivity index (χ0) is 31.4. The molecule has 1 aliphatic heterocycles. The first-order valence-corrected chi connectivity index (χ1v) is 31.0. The van der Waals surface area contributed by atoms with Crippen molar-refractivity contribution in [3.8, 4) is 11.5 Å². The molecule has 0 N–H and O–H groups in total. The van der Waals surface area contributed by atoms with Gasteiger partial charge in [-0.05, 0) is 0 Å². The Morgan fingerprint density at radius 1 is 0.780 bits per heavy atom. The predicted molar refractivity (Wildman–Crippen MR) is 193 cm³/mol. The van der Waals surface area contributed by atoms with Gasteiger partial charge in [-0.25, -0.2) is 0 Å². The fourth-order valence-electron chi connectivity index (χ4n) is 7.65. The second-order valence-corrected chi connectivity index (χ2v) is 38.5. The van der Waals surface area contributed by atoms with Gasteiger partial charge in [0, 0.05) is 0 Å². The van der Waals surface area contributed by atoms with Gasteiger partial charge in [0.25, 0.3) is 0 Å². The van der Waals surface area contributed by atoms with Crippen LogP contribution in [0.1, 0.15) is 121 Å². The van der Waals surface area contributed by atoms with Crippen LogP contribution in [0.4, 0.5) is 0 Å². The van der Waals surface area contributed by atoms with E-state index in [0.29, 0.717) is 28.5 Å². The molecule has 0 aromatic heterocycles. The summed E-state index contributed by atoms with van der Waals surface area (Å²) in [5.41, 5.74) is 5.92. The van der Waals surface area contributed by atoms with Gasteiger partial charge < -0.3 is 0 Å². The van der Waals surface area contributed by atoms with Gasteiger partial charge in [-0.3, -0.25) is 0 Å². The van der Waals surface area contributed by atoms with Gasteiger partial charge in [0.2, 0.25) is 0 Å². The molecule has 0 aromatic carbocycles. The standard InChI is InChI=1S/C24H45O2Si2.3C4H9.Sn/c1-13-14-22-20(8)24(26-27(10,11)12)21(9)23(25-22)15-16-28(17(2)3,18(4)5)19(6)7;3*1-3-4-2;/h1,13,17-24H,14H2,2-12H3;3*1,3-4H2,2H3;/t20-,21-,22+,23-,24-;;;;/m0..../s1. The van der Waals surface area contributed by atoms with Crippen molar-refractivity contribution >= 4 is 34.8 Å². The van der Waals surface area contributed by atoms with E-state index < -0.39 is 34.8 Å². The molecule has 0 saturated carbocycles. The molecular formula is C36H72O2Si2Sn. The second-order valence-electron chi connectivity index (χ2n) is 15.5. The van der Waals surface area contributed by atoms with E-state index in [2.05, 4.69) is 117 Å². The third kappa shape index (κ3) is 11.7. The molecule has 0 aromatic rings. The SMILES string of the molecule is CCC[CH2][Sn](/[CH]=C/C[C@H]1O[C@@H](C#C[Si](C(C)C)(C(C)C)C(C)C)[C@H](C)[C@@H](O[Si](C)(C)C)[C@H]1C)([CH2]CCC)[CH2]CCC. The van der Waals surface area contributed by atoms with Crippen LogP contribution in [0, 0.1) is 23.3 Å². The molecule has 0 bridgehead atoms. The Kier molecular flexibility index (Phi) is 17.7. The van der Waals surface area contributed by atoms with E-state index in [1.165, 1.54) is 51.8 Å². The van der Waals surface area contributed by atoms with Gasteiger partial charge in [-0.2, -0.15) is 0 Å². The maximum atomic E-state index is 7.00. The summed E-state index contributed by atoms with van der Waals surface area (Å²) in [6.45, 7) is 33.3. The van der Waals surface area contributed by atoms with E-state index in [0.717, 1.165) is 6.42 Å². The summed E-state index contributed by atoms with van der Waals surface area (Å²) in [7, 11) is -3.53. The van der Waals surface area contributed by atoms with E-state index in [4.69, 9.17) is 9.16 Å². The van der Waals surface area contributed by atoms with E-state index in [1.807, 2.05) is 0 Å². The van der Waals surface area contributed by atoms with Crippen LogP contribution in [0.15, 0.2) is 10.2 Å². The quantitative estimate of drug-likeness (QED) is 0.110. The fourth-order valence-corrected chi connectivity index (χ4v) is 28.6. The molecule has 0 radical (unpaired) electrons. The Labute approximate surface area is 265 Å². The molecule has 1 rings (SSSR count). The molecule has 5 atom stereocenters. The number of hydrogen-bond donors (Lipinski definition) is 0. The van der Waals surface area contributed by atoms with Crippen molar-refractivity contribution in [3.05, 3.63) is 10.2 Å². The zero-order valence-corrected chi connectivity index (χ0v) is 35.0. The molecular weight excluding hydrogens is 639 g/mol. The number of hydrogen-bond acceptors (Lipinski definition) is 2. The third-order valence-electron chi connectivity index (χ3n) is 10.1. The molecule has 240 valence electrons. The number of unbranched alkanes of at least 4 members (excludes halogenated alkanes) is 3. The Bertz CT molecular complexity index is 776. The normalized spacial score (nSPS) is 24.5. The average molecular weight is 712 g/mol. The van der Waals surface area contributed by atoms with Crippen molar-refractivity contribution in [3.63, 3.8) is 0 Å². The Morgan fingerprint density at radius 3 is 1.63 bits per heavy atom. The Morgan fingerprint density at radius 2 is 1.24 bits per heavy atom. The molecule has 1 aliphatic rings. The zero-order valence-electron chi connectivity index (χ0n) is 30.2. The van der Waals surface area contributed by atoms with Gasteiger partial charge in [0.1, 0.15) is 0 Å². The average Bonchev–Trinajstić information content (AvgIpc) is 2.88. The molecule has 0 aliphatic carbocycles. The molecule has 5 heteroatoms. The third-order valence-corrected chi connectivity index (χ3v) is 31.7. The molecule has 0 unspecified atom stereocenters. The minimum absolute atomic E-state index is 0.0392. The summed E-state index contributed by atoms with van der Waals surface area (Å²) in [5.74, 6) is 4.50. The monoisotopic (exact) mass is 712 g/mol. The van der Waals surface area contributed by atoms with Crippen LogP contribution < -0.4 is 0 Å². The minimum atomic E-state index is -2.31. The van der Waals surface area contributed by atoms with E-state index >= 15 is 0 Å². The molecule has 1 fully saturated rings. The van der Waals surface area contributed by atoms with Gasteiger partial charge in [0.05, 0.1) is 0 Å². The molecule has 1 saturated heterocycles. The van der Waals surface area contributed by atoms with Crippen molar-refractivity contribution in [2.45, 2.75) is 189 Å². The molecule has 1 heterocycles. The van der Waals surface area contributed by atoms with Crippen molar-refractivity contribution in [1.82, 2.24) is 0 Å². The Hall–Kier alpha value is 0.452. The summed E-state index contributed by atoms with van der Waals surface area (Å²) >= 11 is -2.31. The van der Waals surface area contributed by atoms with Crippen molar-refractivity contribution in [1.29, 1.82) is 0 Å². The van der Waals surface area contributed by atoms with Crippen LogP contribution in [0.3, 0.4) is 0 Å². The van der Waals surface area contributed by atoms with E-state index in [9.17, 15) is 0 Å². The van der Waals surface area contributed by atoms with Crippen LogP contribution in [0.5, 0.6) is 0 Å². The van der Waals surface area contributed by atoms with Gasteiger partial charge in [-0.15, -0.1) is 0 Å². The van der Waals surface area contributed by atoms with Crippen molar-refractivity contribution < 1.29 is 9.16 Å². The first-order valence-electron chi connectivity index (χ1n) is 17.6. The molecule has 41 heavy (non-hydrogen) atoms. The summed E-state index contributed by atoms with van der Waals surface area (Å²) in [4.78, 5) is 0. The molecule has 0 spiro atoms. The van der Waals surface area contributed by atoms with E-state index in [-0.39, 0.29) is 18.3 Å². The first kappa shape index (κ1) is 39.5. The molecule has 2 nitrogen and oxygen atoms in total. The predicted octanol–water partition coefficient (Wildman–Crippen LogP) is 11.8. The summed E-state index contributed by atoms with van der Waals surface area (Å²) in [6, 6.07) is 0. The van der Waals surface area contributed by atoms with Crippen molar-refractivity contribution in [2.24, 2.45) is 11.8 Å². The van der Waals surface area contributed by atoms with Crippen LogP contribution in [0.2, 0.25) is 49.6 Å². The van der Waals surface area contributed by atoms with Crippen molar-refractivity contribution in [2.75, 3.05) is 0 Å². The van der Waals surface area contributed by atoms with Crippen LogP contribution in [0.25, 0.3) is 0 Å². The number of ether oxygens (including phenoxy) is 1. The topological polar surface area (TPSA) is 18.5 Å². The van der Waals surface area contributed by atoms with Gasteiger partial charge in [-0.1, -0.05) is 0 Å². The molecule has 0 amide bonds. The first-order chi connectivity index (χ1) is 19.1. The second kappa shape index (κ2) is 18.4. The summed E-state index contributed by atoms with van der Waals surface area (Å²) in [5, 5.41) is 0. The Balaban J connectivity index is 3.42. The summed E-state index contributed by atoms with van der Waals surface area (Å²) in [6.07, 6.45) is 12.2. The maximum absolute atomic E-state index is 7.00. The fraction of sp³-hybridized carbons (Fsp3) is 0.889. The van der Waals surface area contributed by atoms with Crippen LogP contribution in [-0.2, 0) is 9.16 Å². The van der Waals surface area contributed by atoms with Crippen LogP contribution in [-0.4, -0.2) is 53.1 Å². The summed E-state index contributed by atoms with van der Waals surface area (Å²) < 4.78 is 21.4. The van der Waals surface area contributed by atoms with Crippen LogP contribution >= 0.6 is 0 Å². The van der Waals surface area contributed by atoms with Gasteiger partial charge >= 0.3 is 266 Å². The van der Waals surface area contributed by atoms with E-state index in [1.54, 1.807) is 0 Å². The number of rotatable bonds is 17. The van der Waals surface area contributed by atoms with Gasteiger partial charge in [0.15, 0.2) is 0 Å².